The number of rotatable bonds is 5. The molecule has 0 amide bonds. The van der Waals surface area contributed by atoms with E-state index in [0.717, 1.165) is 13.0 Å². The molecule has 0 aromatic heterocycles. The molecule has 14 heavy (non-hydrogen) atoms. The van der Waals surface area contributed by atoms with Crippen molar-refractivity contribution in [3.63, 3.8) is 0 Å². The first kappa shape index (κ1) is 13.9. The maximum Gasteiger partial charge on any atom is 0.0771 e. The van der Waals surface area contributed by atoms with Gasteiger partial charge in [-0.05, 0) is 24.7 Å². The molecule has 2 nitrogen and oxygen atoms in total. The van der Waals surface area contributed by atoms with Gasteiger partial charge in [0.05, 0.1) is 6.10 Å². The highest BCUT2D eigenvalue weighted by Crippen LogP contribution is 2.24. The monoisotopic (exact) mass is 201 g/mol. The summed E-state index contributed by atoms with van der Waals surface area (Å²) in [6, 6.07) is 0.0992. The number of nitrogens with two attached hydrogens (primary N) is 1. The van der Waals surface area contributed by atoms with Crippen LogP contribution in [0.15, 0.2) is 0 Å². The second-order valence-electron chi connectivity index (χ2n) is 5.70. The van der Waals surface area contributed by atoms with Crippen LogP contribution in [0, 0.1) is 11.3 Å². The van der Waals surface area contributed by atoms with Crippen LogP contribution in [0.25, 0.3) is 0 Å². The number of hydrogen-bond acceptors (Lipinski definition) is 2. The maximum atomic E-state index is 5.91. The molecule has 0 heterocycles. The zero-order valence-corrected chi connectivity index (χ0v) is 10.6. The Bertz CT molecular complexity index is 147. The summed E-state index contributed by atoms with van der Waals surface area (Å²) >= 11 is 0. The molecule has 0 spiro atoms. The van der Waals surface area contributed by atoms with Crippen molar-refractivity contribution >= 4 is 0 Å². The molecule has 0 aliphatic carbocycles. The average Bonchev–Trinajstić information content (AvgIpc) is 1.94. The molecule has 0 saturated carbocycles. The van der Waals surface area contributed by atoms with Crippen molar-refractivity contribution in [2.24, 2.45) is 17.1 Å². The molecule has 2 heteroatoms. The highest BCUT2D eigenvalue weighted by Gasteiger charge is 2.28. The molecule has 2 atom stereocenters. The zero-order chi connectivity index (χ0) is 11.4. The highest BCUT2D eigenvalue weighted by molar-refractivity contribution is 4.81. The molecule has 0 rings (SSSR count). The summed E-state index contributed by atoms with van der Waals surface area (Å²) in [4.78, 5) is 0. The van der Waals surface area contributed by atoms with Crippen LogP contribution in [0.2, 0.25) is 0 Å². The Morgan fingerprint density at radius 2 is 1.64 bits per heavy atom. The minimum atomic E-state index is 0.0992. The van der Waals surface area contributed by atoms with E-state index in [4.69, 9.17) is 10.5 Å². The van der Waals surface area contributed by atoms with Crippen molar-refractivity contribution in [1.29, 1.82) is 0 Å². The molecule has 0 aliphatic heterocycles. The molecule has 0 radical (unpaired) electrons. The van der Waals surface area contributed by atoms with Crippen LogP contribution in [0.1, 0.15) is 48.0 Å². The Morgan fingerprint density at radius 3 is 1.93 bits per heavy atom. The smallest absolute Gasteiger partial charge is 0.0771 e. The fourth-order valence-electron chi connectivity index (χ4n) is 1.62. The van der Waals surface area contributed by atoms with Gasteiger partial charge in [0.1, 0.15) is 0 Å². The van der Waals surface area contributed by atoms with Crippen LogP contribution >= 0.6 is 0 Å². The molecule has 0 fully saturated rings. The summed E-state index contributed by atoms with van der Waals surface area (Å²) in [5.41, 5.74) is 6.04. The summed E-state index contributed by atoms with van der Waals surface area (Å²) in [7, 11) is 0. The lowest BCUT2D eigenvalue weighted by Gasteiger charge is -2.33. The normalized spacial score (nSPS) is 17.1. The van der Waals surface area contributed by atoms with Crippen molar-refractivity contribution in [1.82, 2.24) is 0 Å². The van der Waals surface area contributed by atoms with Crippen molar-refractivity contribution in [3.05, 3.63) is 0 Å². The summed E-state index contributed by atoms with van der Waals surface area (Å²) in [5, 5.41) is 0. The fraction of sp³-hybridized carbons (Fsp3) is 1.00. The van der Waals surface area contributed by atoms with E-state index in [1.54, 1.807) is 0 Å². The quantitative estimate of drug-likeness (QED) is 0.742. The van der Waals surface area contributed by atoms with E-state index >= 15 is 0 Å². The first-order chi connectivity index (χ1) is 6.25. The fourth-order valence-corrected chi connectivity index (χ4v) is 1.62. The second-order valence-corrected chi connectivity index (χ2v) is 5.70. The van der Waals surface area contributed by atoms with Gasteiger partial charge in [0.15, 0.2) is 0 Å². The van der Waals surface area contributed by atoms with E-state index in [1.807, 2.05) is 6.92 Å². The minimum Gasteiger partial charge on any atom is -0.376 e. The third-order valence-electron chi connectivity index (χ3n) is 2.32. The molecule has 0 bridgehead atoms. The third kappa shape index (κ3) is 5.61. The molecular formula is C12H27NO. The lowest BCUT2D eigenvalue weighted by Crippen LogP contribution is -2.43. The molecular weight excluding hydrogens is 174 g/mol. The number of ether oxygens (including phenoxy) is 1. The van der Waals surface area contributed by atoms with Gasteiger partial charge in [-0.25, -0.2) is 0 Å². The van der Waals surface area contributed by atoms with Crippen LogP contribution in [-0.2, 0) is 4.74 Å². The van der Waals surface area contributed by atoms with Crippen molar-refractivity contribution in [2.45, 2.75) is 60.1 Å². The Labute approximate surface area is 89.2 Å². The predicted octanol–water partition coefficient (Wildman–Crippen LogP) is 2.81. The summed E-state index contributed by atoms with van der Waals surface area (Å²) in [5.74, 6) is 0.698. The summed E-state index contributed by atoms with van der Waals surface area (Å²) < 4.78 is 5.85. The summed E-state index contributed by atoms with van der Waals surface area (Å²) in [6.07, 6.45) is 1.26. The van der Waals surface area contributed by atoms with Gasteiger partial charge in [0.2, 0.25) is 0 Å². The molecule has 0 aliphatic rings. The van der Waals surface area contributed by atoms with Gasteiger partial charge in [-0.2, -0.15) is 0 Å². The van der Waals surface area contributed by atoms with Crippen LogP contribution in [0.5, 0.6) is 0 Å². The highest BCUT2D eigenvalue weighted by atomic mass is 16.5. The van der Waals surface area contributed by atoms with Gasteiger partial charge >= 0.3 is 0 Å². The Balaban J connectivity index is 4.00. The van der Waals surface area contributed by atoms with Gasteiger partial charge in [-0.15, -0.1) is 0 Å². The van der Waals surface area contributed by atoms with E-state index < -0.39 is 0 Å². The van der Waals surface area contributed by atoms with Gasteiger partial charge in [-0.3, -0.25) is 0 Å². The predicted molar refractivity (Wildman–Crippen MR) is 62.3 cm³/mol. The topological polar surface area (TPSA) is 35.2 Å². The molecule has 0 aromatic carbocycles. The van der Waals surface area contributed by atoms with E-state index in [9.17, 15) is 0 Å². The van der Waals surface area contributed by atoms with Crippen molar-refractivity contribution in [3.8, 4) is 0 Å². The molecule has 86 valence electrons. The first-order valence-electron chi connectivity index (χ1n) is 5.62. The van der Waals surface area contributed by atoms with Crippen molar-refractivity contribution < 1.29 is 4.74 Å². The van der Waals surface area contributed by atoms with E-state index in [-0.39, 0.29) is 17.6 Å². The standard InChI is InChI=1S/C12H27NO/c1-9(2)7-8-14-11(10(3)13)12(4,5)6/h9-11H,7-8,13H2,1-6H3. The van der Waals surface area contributed by atoms with Gasteiger partial charge in [-0.1, -0.05) is 34.6 Å². The van der Waals surface area contributed by atoms with E-state index in [0.29, 0.717) is 5.92 Å². The lowest BCUT2D eigenvalue weighted by atomic mass is 9.85. The van der Waals surface area contributed by atoms with Crippen molar-refractivity contribution in [2.75, 3.05) is 6.61 Å². The molecule has 2 unspecified atom stereocenters. The summed E-state index contributed by atoms with van der Waals surface area (Å²) in [6.45, 7) is 13.8. The van der Waals surface area contributed by atoms with E-state index in [2.05, 4.69) is 34.6 Å². The molecule has 2 N–H and O–H groups in total. The Kier molecular flexibility index (Phi) is 5.68. The number of hydrogen-bond donors (Lipinski definition) is 1. The largest absolute Gasteiger partial charge is 0.376 e. The van der Waals surface area contributed by atoms with Gasteiger partial charge in [0.25, 0.3) is 0 Å². The van der Waals surface area contributed by atoms with Crippen LogP contribution < -0.4 is 5.73 Å². The minimum absolute atomic E-state index is 0.0992. The van der Waals surface area contributed by atoms with E-state index in [1.165, 1.54) is 0 Å². The maximum absolute atomic E-state index is 5.91. The molecule has 0 saturated heterocycles. The SMILES string of the molecule is CC(C)CCOC(C(C)N)C(C)(C)C. The van der Waals surface area contributed by atoms with Gasteiger partial charge in [0, 0.05) is 12.6 Å². The Morgan fingerprint density at radius 1 is 1.14 bits per heavy atom. The van der Waals surface area contributed by atoms with Crippen LogP contribution in [0.4, 0.5) is 0 Å². The molecule has 0 aromatic rings. The van der Waals surface area contributed by atoms with Crippen LogP contribution in [-0.4, -0.2) is 18.8 Å². The average molecular weight is 201 g/mol. The Hall–Kier alpha value is -0.0800. The first-order valence-corrected chi connectivity index (χ1v) is 5.62. The zero-order valence-electron chi connectivity index (χ0n) is 10.6. The lowest BCUT2D eigenvalue weighted by molar-refractivity contribution is -0.0337. The second kappa shape index (κ2) is 5.72. The van der Waals surface area contributed by atoms with Gasteiger partial charge < -0.3 is 10.5 Å². The van der Waals surface area contributed by atoms with Crippen LogP contribution in [0.3, 0.4) is 0 Å². The third-order valence-corrected chi connectivity index (χ3v) is 2.32.